The fourth-order valence-electron chi connectivity index (χ4n) is 2.34. The van der Waals surface area contributed by atoms with Crippen molar-refractivity contribution in [3.05, 3.63) is 59.7 Å². The van der Waals surface area contributed by atoms with Gasteiger partial charge in [0.2, 0.25) is 0 Å². The quantitative estimate of drug-likeness (QED) is 0.740. The first kappa shape index (κ1) is 17.9. The predicted octanol–water partition coefficient (Wildman–Crippen LogP) is 4.92. The molecule has 0 aliphatic carbocycles. The van der Waals surface area contributed by atoms with Crippen LogP contribution in [0.3, 0.4) is 0 Å². The van der Waals surface area contributed by atoms with Crippen LogP contribution >= 0.6 is 0 Å². The summed E-state index contributed by atoms with van der Waals surface area (Å²) in [6, 6.07) is 15.5. The number of hydrogen-bond acceptors (Lipinski definition) is 2. The van der Waals surface area contributed by atoms with Crippen molar-refractivity contribution >= 4 is 11.7 Å². The molecule has 2 rings (SSSR count). The molecule has 2 N–H and O–H groups in total. The van der Waals surface area contributed by atoms with Crippen LogP contribution in [0, 0.1) is 0 Å². The summed E-state index contributed by atoms with van der Waals surface area (Å²) >= 11 is 0. The van der Waals surface area contributed by atoms with Crippen LogP contribution in [-0.4, -0.2) is 12.3 Å². The van der Waals surface area contributed by atoms with Gasteiger partial charge in [0, 0.05) is 5.69 Å². The molecule has 128 valence electrons. The van der Waals surface area contributed by atoms with Crippen molar-refractivity contribution in [1.82, 2.24) is 5.32 Å². The molecule has 0 saturated carbocycles. The Morgan fingerprint density at radius 2 is 1.62 bits per heavy atom. The Labute approximate surface area is 144 Å². The van der Waals surface area contributed by atoms with Gasteiger partial charge in [-0.1, -0.05) is 45.0 Å². The zero-order valence-electron chi connectivity index (χ0n) is 14.8. The van der Waals surface area contributed by atoms with E-state index in [4.69, 9.17) is 4.74 Å². The van der Waals surface area contributed by atoms with Gasteiger partial charge in [0.25, 0.3) is 0 Å². The van der Waals surface area contributed by atoms with Crippen molar-refractivity contribution in [2.24, 2.45) is 0 Å². The van der Waals surface area contributed by atoms with Gasteiger partial charge in [-0.15, -0.1) is 0 Å². The molecule has 0 aliphatic rings. The highest BCUT2D eigenvalue weighted by atomic mass is 16.5. The van der Waals surface area contributed by atoms with Crippen LogP contribution in [0.1, 0.15) is 44.7 Å². The number of aryl methyl sites for hydroxylation is 1. The number of anilines is 1. The smallest absolute Gasteiger partial charge is 0.322 e. The lowest BCUT2D eigenvalue weighted by molar-refractivity contribution is 0.183. The normalized spacial score (nSPS) is 11.9. The summed E-state index contributed by atoms with van der Waals surface area (Å²) in [7, 11) is 0. The van der Waals surface area contributed by atoms with Gasteiger partial charge < -0.3 is 15.4 Å². The van der Waals surface area contributed by atoms with E-state index in [1.54, 1.807) is 6.92 Å². The third kappa shape index (κ3) is 5.30. The molecule has 0 saturated heterocycles. The lowest BCUT2D eigenvalue weighted by Crippen LogP contribution is -2.39. The average molecular weight is 326 g/mol. The molecule has 1 unspecified atom stereocenters. The molecule has 4 heteroatoms. The summed E-state index contributed by atoms with van der Waals surface area (Å²) in [5, 5.41) is 5.57. The second kappa shape index (κ2) is 8.39. The Morgan fingerprint density at radius 1 is 1.00 bits per heavy atom. The van der Waals surface area contributed by atoms with E-state index in [1.165, 1.54) is 11.1 Å². The molecule has 0 bridgehead atoms. The molecule has 4 nitrogen and oxygen atoms in total. The number of carbonyl (C=O) groups is 1. The Balaban J connectivity index is 1.84. The number of nitrogens with one attached hydrogen (secondary N) is 2. The van der Waals surface area contributed by atoms with Crippen molar-refractivity contribution in [2.75, 3.05) is 5.32 Å². The third-order valence-electron chi connectivity index (χ3n) is 3.81. The van der Waals surface area contributed by atoms with Crippen molar-refractivity contribution in [1.29, 1.82) is 0 Å². The Hall–Kier alpha value is -2.49. The van der Waals surface area contributed by atoms with Crippen LogP contribution in [0.4, 0.5) is 10.5 Å². The van der Waals surface area contributed by atoms with Crippen molar-refractivity contribution in [2.45, 2.75) is 46.3 Å². The van der Waals surface area contributed by atoms with E-state index >= 15 is 0 Å². The van der Waals surface area contributed by atoms with E-state index in [9.17, 15) is 4.79 Å². The molecule has 24 heavy (non-hydrogen) atoms. The van der Waals surface area contributed by atoms with E-state index in [0.717, 1.165) is 17.9 Å². The summed E-state index contributed by atoms with van der Waals surface area (Å²) in [5.74, 6) is 1.22. The second-order valence-corrected chi connectivity index (χ2v) is 6.13. The van der Waals surface area contributed by atoms with E-state index in [1.807, 2.05) is 48.5 Å². The number of benzene rings is 2. The summed E-state index contributed by atoms with van der Waals surface area (Å²) in [6.07, 6.45) is 0.553. The first-order valence-corrected chi connectivity index (χ1v) is 8.41. The van der Waals surface area contributed by atoms with Crippen LogP contribution in [0.2, 0.25) is 0 Å². The molecule has 1 atom stereocenters. The monoisotopic (exact) mass is 326 g/mol. The second-order valence-electron chi connectivity index (χ2n) is 6.13. The third-order valence-corrected chi connectivity index (χ3v) is 3.81. The SMILES string of the molecule is CCc1ccc(NC(=O)NC(C)Oc2ccc(C(C)C)cc2)cc1. The zero-order valence-corrected chi connectivity index (χ0v) is 14.8. The van der Waals surface area contributed by atoms with Crippen molar-refractivity contribution in [3.8, 4) is 5.75 Å². The van der Waals surface area contributed by atoms with Crippen LogP contribution in [0.15, 0.2) is 48.5 Å². The first-order valence-electron chi connectivity index (χ1n) is 8.41. The molecule has 2 aromatic rings. The number of hydrogen-bond donors (Lipinski definition) is 2. The minimum atomic E-state index is -0.426. The van der Waals surface area contributed by atoms with Gasteiger partial charge in [-0.3, -0.25) is 0 Å². The number of ether oxygens (including phenoxy) is 1. The number of urea groups is 1. The molecule has 0 fully saturated rings. The molecule has 2 aromatic carbocycles. The minimum Gasteiger partial charge on any atom is -0.471 e. The highest BCUT2D eigenvalue weighted by molar-refractivity contribution is 5.89. The highest BCUT2D eigenvalue weighted by Crippen LogP contribution is 2.19. The zero-order chi connectivity index (χ0) is 17.5. The lowest BCUT2D eigenvalue weighted by Gasteiger charge is -2.17. The molecular weight excluding hydrogens is 300 g/mol. The fraction of sp³-hybridized carbons (Fsp3) is 0.350. The van der Waals surface area contributed by atoms with Gasteiger partial charge in [0.1, 0.15) is 5.75 Å². The summed E-state index contributed by atoms with van der Waals surface area (Å²) in [5.41, 5.74) is 3.26. The number of amides is 2. The average Bonchev–Trinajstić information content (AvgIpc) is 2.55. The Bertz CT molecular complexity index is 648. The van der Waals surface area contributed by atoms with E-state index < -0.39 is 6.23 Å². The Kier molecular flexibility index (Phi) is 6.24. The molecule has 0 heterocycles. The maximum atomic E-state index is 12.0. The maximum Gasteiger partial charge on any atom is 0.322 e. The highest BCUT2D eigenvalue weighted by Gasteiger charge is 2.09. The molecular formula is C20H26N2O2. The van der Waals surface area contributed by atoms with E-state index in [-0.39, 0.29) is 6.03 Å². The summed E-state index contributed by atoms with van der Waals surface area (Å²) < 4.78 is 5.72. The molecule has 0 radical (unpaired) electrons. The van der Waals surface area contributed by atoms with Crippen molar-refractivity contribution < 1.29 is 9.53 Å². The summed E-state index contributed by atoms with van der Waals surface area (Å²) in [4.78, 5) is 12.0. The van der Waals surface area contributed by atoms with Gasteiger partial charge >= 0.3 is 6.03 Å². The van der Waals surface area contributed by atoms with Crippen LogP contribution in [0.25, 0.3) is 0 Å². The maximum absolute atomic E-state index is 12.0. The van der Waals surface area contributed by atoms with E-state index in [0.29, 0.717) is 5.92 Å². The van der Waals surface area contributed by atoms with Crippen LogP contribution < -0.4 is 15.4 Å². The van der Waals surface area contributed by atoms with E-state index in [2.05, 4.69) is 31.4 Å². The standard InChI is InChI=1S/C20H26N2O2/c1-5-16-6-10-18(11-7-16)22-20(23)21-15(4)24-19-12-8-17(9-13-19)14(2)3/h6-15H,5H2,1-4H3,(H2,21,22,23). The Morgan fingerprint density at radius 3 is 2.17 bits per heavy atom. The van der Waals surface area contributed by atoms with Crippen LogP contribution in [0.5, 0.6) is 5.75 Å². The van der Waals surface area contributed by atoms with Gasteiger partial charge in [0.15, 0.2) is 6.23 Å². The fourth-order valence-corrected chi connectivity index (χ4v) is 2.34. The minimum absolute atomic E-state index is 0.287. The lowest BCUT2D eigenvalue weighted by atomic mass is 10.0. The predicted molar refractivity (Wildman–Crippen MR) is 98.6 cm³/mol. The number of rotatable bonds is 6. The topological polar surface area (TPSA) is 50.4 Å². The number of carbonyl (C=O) groups excluding carboxylic acids is 1. The molecule has 0 aromatic heterocycles. The van der Waals surface area contributed by atoms with Gasteiger partial charge in [-0.2, -0.15) is 0 Å². The van der Waals surface area contributed by atoms with Gasteiger partial charge in [-0.05, 0) is 54.7 Å². The summed E-state index contributed by atoms with van der Waals surface area (Å²) in [6.45, 7) is 8.20. The molecule has 0 aliphatic heterocycles. The van der Waals surface area contributed by atoms with Crippen molar-refractivity contribution in [3.63, 3.8) is 0 Å². The largest absolute Gasteiger partial charge is 0.471 e. The molecule has 2 amide bonds. The van der Waals surface area contributed by atoms with Gasteiger partial charge in [0.05, 0.1) is 0 Å². The van der Waals surface area contributed by atoms with Gasteiger partial charge in [-0.25, -0.2) is 4.79 Å². The first-order chi connectivity index (χ1) is 11.5. The van der Waals surface area contributed by atoms with Crippen LogP contribution in [-0.2, 0) is 6.42 Å². The molecule has 0 spiro atoms.